The number of ether oxygens (including phenoxy) is 1. The Morgan fingerprint density at radius 2 is 2.00 bits per heavy atom. The minimum absolute atomic E-state index is 0.00888. The highest BCUT2D eigenvalue weighted by molar-refractivity contribution is 6.42. The molecule has 1 aromatic carbocycles. The van der Waals surface area contributed by atoms with Gasteiger partial charge in [-0.2, -0.15) is 0 Å². The van der Waals surface area contributed by atoms with Crippen molar-refractivity contribution in [2.75, 3.05) is 6.61 Å². The zero-order chi connectivity index (χ0) is 14.2. The highest BCUT2D eigenvalue weighted by Crippen LogP contribution is 2.46. The van der Waals surface area contributed by atoms with Crippen LogP contribution in [0.1, 0.15) is 50.2 Å². The first-order valence-electron chi connectivity index (χ1n) is 7.37. The van der Waals surface area contributed by atoms with E-state index in [1.165, 1.54) is 12.8 Å². The Balaban J connectivity index is 1.79. The van der Waals surface area contributed by atoms with Gasteiger partial charge in [-0.1, -0.05) is 48.2 Å². The van der Waals surface area contributed by atoms with Gasteiger partial charge in [-0.3, -0.25) is 0 Å². The summed E-state index contributed by atoms with van der Waals surface area (Å²) in [6.07, 6.45) is 5.98. The van der Waals surface area contributed by atoms with Crippen molar-refractivity contribution in [1.29, 1.82) is 0 Å². The quantitative estimate of drug-likeness (QED) is 0.852. The molecule has 2 fully saturated rings. The molecule has 2 aliphatic rings. The average Bonchev–Trinajstić information content (AvgIpc) is 2.89. The van der Waals surface area contributed by atoms with E-state index in [-0.39, 0.29) is 11.5 Å². The number of hydrogen-bond donors (Lipinski definition) is 1. The van der Waals surface area contributed by atoms with Crippen LogP contribution in [0, 0.1) is 5.92 Å². The molecule has 110 valence electrons. The summed E-state index contributed by atoms with van der Waals surface area (Å²) < 4.78 is 6.03. The molecule has 3 rings (SSSR count). The topological polar surface area (TPSA) is 29.5 Å². The van der Waals surface area contributed by atoms with E-state index in [1.807, 2.05) is 12.1 Å². The van der Waals surface area contributed by atoms with Crippen LogP contribution in [0.3, 0.4) is 0 Å². The zero-order valence-electron chi connectivity index (χ0n) is 11.4. The molecule has 1 aliphatic heterocycles. The molecule has 20 heavy (non-hydrogen) atoms. The smallest absolute Gasteiger partial charge is 0.0835 e. The van der Waals surface area contributed by atoms with E-state index >= 15 is 0 Å². The summed E-state index contributed by atoms with van der Waals surface area (Å²) in [5, 5.41) is 11.7. The van der Waals surface area contributed by atoms with Crippen LogP contribution in [0.4, 0.5) is 0 Å². The van der Waals surface area contributed by atoms with Crippen molar-refractivity contribution < 1.29 is 9.84 Å². The van der Waals surface area contributed by atoms with Gasteiger partial charge in [0.25, 0.3) is 0 Å². The molecule has 0 radical (unpaired) electrons. The van der Waals surface area contributed by atoms with Gasteiger partial charge < -0.3 is 9.84 Å². The molecule has 2 nitrogen and oxygen atoms in total. The van der Waals surface area contributed by atoms with Gasteiger partial charge in [0.2, 0.25) is 0 Å². The molecule has 2 unspecified atom stereocenters. The molecule has 1 spiro atoms. The predicted molar refractivity (Wildman–Crippen MR) is 81.3 cm³/mol. The van der Waals surface area contributed by atoms with Crippen molar-refractivity contribution in [3.63, 3.8) is 0 Å². The molecule has 1 saturated carbocycles. The molecule has 0 aromatic heterocycles. The van der Waals surface area contributed by atoms with E-state index in [4.69, 9.17) is 27.9 Å². The van der Waals surface area contributed by atoms with Crippen molar-refractivity contribution in [2.45, 2.75) is 50.2 Å². The number of hydrogen-bond acceptors (Lipinski definition) is 2. The molecule has 0 bridgehead atoms. The number of rotatable bonds is 2. The first-order valence-corrected chi connectivity index (χ1v) is 8.13. The number of aliphatic hydroxyl groups is 1. The van der Waals surface area contributed by atoms with E-state index < -0.39 is 6.10 Å². The molecule has 1 aromatic rings. The van der Waals surface area contributed by atoms with E-state index in [1.54, 1.807) is 6.07 Å². The standard InChI is InChI=1S/C16H20Cl2O2/c17-13-5-3-4-12(14(13)18)15(19)11-6-9-20-16(10-11)7-1-2-8-16/h3-5,11,15,19H,1-2,6-10H2. The van der Waals surface area contributed by atoms with Crippen LogP contribution < -0.4 is 0 Å². The van der Waals surface area contributed by atoms with Gasteiger partial charge in [-0.15, -0.1) is 0 Å². The zero-order valence-corrected chi connectivity index (χ0v) is 13.0. The van der Waals surface area contributed by atoms with Crippen molar-refractivity contribution >= 4 is 23.2 Å². The lowest BCUT2D eigenvalue weighted by atomic mass is 9.80. The summed E-state index contributed by atoms with van der Waals surface area (Å²) >= 11 is 12.3. The van der Waals surface area contributed by atoms with Crippen LogP contribution in [0.5, 0.6) is 0 Å². The summed E-state index contributed by atoms with van der Waals surface area (Å²) in [5.74, 6) is 0.206. The lowest BCUT2D eigenvalue weighted by Crippen LogP contribution is -2.39. The third kappa shape index (κ3) is 2.71. The summed E-state index contributed by atoms with van der Waals surface area (Å²) in [6, 6.07) is 5.47. The lowest BCUT2D eigenvalue weighted by molar-refractivity contribution is -0.113. The maximum absolute atomic E-state index is 10.7. The Bertz CT molecular complexity index is 483. The SMILES string of the molecule is OC(c1cccc(Cl)c1Cl)C1CCOC2(CCCC2)C1. The second kappa shape index (κ2) is 5.84. The van der Waals surface area contributed by atoms with Gasteiger partial charge in [0.05, 0.1) is 21.8 Å². The van der Waals surface area contributed by atoms with Crippen LogP contribution in [0.25, 0.3) is 0 Å². The van der Waals surface area contributed by atoms with Crippen molar-refractivity contribution in [2.24, 2.45) is 5.92 Å². The Morgan fingerprint density at radius 3 is 2.75 bits per heavy atom. The van der Waals surface area contributed by atoms with Crippen LogP contribution >= 0.6 is 23.2 Å². The molecular weight excluding hydrogens is 295 g/mol. The van der Waals surface area contributed by atoms with Crippen LogP contribution in [-0.2, 0) is 4.74 Å². The maximum Gasteiger partial charge on any atom is 0.0835 e. The first-order chi connectivity index (χ1) is 9.61. The normalized spacial score (nSPS) is 26.9. The lowest BCUT2D eigenvalue weighted by Gasteiger charge is -2.40. The van der Waals surface area contributed by atoms with Gasteiger partial charge in [-0.25, -0.2) is 0 Å². The van der Waals surface area contributed by atoms with Gasteiger partial charge in [0.15, 0.2) is 0 Å². The molecule has 1 aliphatic carbocycles. The highest BCUT2D eigenvalue weighted by atomic mass is 35.5. The summed E-state index contributed by atoms with van der Waals surface area (Å²) in [6.45, 7) is 0.736. The van der Waals surface area contributed by atoms with E-state index in [0.717, 1.165) is 37.9 Å². The summed E-state index contributed by atoms with van der Waals surface area (Å²) in [4.78, 5) is 0. The van der Waals surface area contributed by atoms with Crippen LogP contribution in [0.15, 0.2) is 18.2 Å². The average molecular weight is 315 g/mol. The minimum atomic E-state index is -0.553. The Labute approximate surface area is 130 Å². The molecule has 0 amide bonds. The van der Waals surface area contributed by atoms with Gasteiger partial charge in [0.1, 0.15) is 0 Å². The Morgan fingerprint density at radius 1 is 1.25 bits per heavy atom. The molecule has 4 heteroatoms. The summed E-state index contributed by atoms with van der Waals surface area (Å²) in [7, 11) is 0. The van der Waals surface area contributed by atoms with Gasteiger partial charge >= 0.3 is 0 Å². The van der Waals surface area contributed by atoms with E-state index in [2.05, 4.69) is 0 Å². The molecule has 1 N–H and O–H groups in total. The first kappa shape index (κ1) is 14.6. The number of aliphatic hydroxyl groups excluding tert-OH is 1. The van der Waals surface area contributed by atoms with Crippen molar-refractivity contribution in [3.05, 3.63) is 33.8 Å². The van der Waals surface area contributed by atoms with E-state index in [9.17, 15) is 5.11 Å². The minimum Gasteiger partial charge on any atom is -0.388 e. The molecule has 1 saturated heterocycles. The molecule has 2 atom stereocenters. The van der Waals surface area contributed by atoms with Crippen LogP contribution in [-0.4, -0.2) is 17.3 Å². The molecule has 1 heterocycles. The monoisotopic (exact) mass is 314 g/mol. The largest absolute Gasteiger partial charge is 0.388 e. The van der Waals surface area contributed by atoms with Crippen LogP contribution in [0.2, 0.25) is 10.0 Å². The fourth-order valence-electron chi connectivity index (χ4n) is 3.71. The second-order valence-electron chi connectivity index (χ2n) is 6.08. The third-order valence-electron chi connectivity index (χ3n) is 4.79. The maximum atomic E-state index is 10.7. The highest BCUT2D eigenvalue weighted by Gasteiger charge is 2.42. The van der Waals surface area contributed by atoms with Gasteiger partial charge in [-0.05, 0) is 37.7 Å². The van der Waals surface area contributed by atoms with Gasteiger partial charge in [0, 0.05) is 12.2 Å². The van der Waals surface area contributed by atoms with Crippen molar-refractivity contribution in [1.82, 2.24) is 0 Å². The predicted octanol–water partition coefficient (Wildman–Crippen LogP) is 4.77. The fourth-order valence-corrected chi connectivity index (χ4v) is 4.13. The number of benzene rings is 1. The van der Waals surface area contributed by atoms with Crippen molar-refractivity contribution in [3.8, 4) is 0 Å². The Kier molecular flexibility index (Phi) is 4.28. The second-order valence-corrected chi connectivity index (χ2v) is 6.86. The summed E-state index contributed by atoms with van der Waals surface area (Å²) in [5.41, 5.74) is 0.758. The molecular formula is C16H20Cl2O2. The third-order valence-corrected chi connectivity index (χ3v) is 5.63. The Hall–Kier alpha value is -0.280. The fraction of sp³-hybridized carbons (Fsp3) is 0.625. The van der Waals surface area contributed by atoms with E-state index in [0.29, 0.717) is 10.0 Å². The number of halogens is 2.